The van der Waals surface area contributed by atoms with Crippen LogP contribution in [0.1, 0.15) is 52.7 Å². The van der Waals surface area contributed by atoms with Gasteiger partial charge in [0.1, 0.15) is 6.10 Å². The molecule has 2 rings (SSSR count). The second-order valence-electron chi connectivity index (χ2n) is 7.95. The van der Waals surface area contributed by atoms with Crippen LogP contribution < -0.4 is 5.32 Å². The number of rotatable bonds is 9. The molecule has 1 fully saturated rings. The molecule has 7 heteroatoms. The van der Waals surface area contributed by atoms with Gasteiger partial charge in [0.15, 0.2) is 5.96 Å². The first-order valence-electron chi connectivity index (χ1n) is 10.9. The van der Waals surface area contributed by atoms with Crippen LogP contribution >= 0.6 is 0 Å². The number of aryl methyl sites for hydroxylation is 1. The van der Waals surface area contributed by atoms with Crippen molar-refractivity contribution in [1.82, 2.24) is 24.9 Å². The van der Waals surface area contributed by atoms with Crippen molar-refractivity contribution >= 4 is 5.96 Å². The summed E-state index contributed by atoms with van der Waals surface area (Å²) in [4.78, 5) is 9.92. The van der Waals surface area contributed by atoms with Crippen molar-refractivity contribution in [3.05, 3.63) is 18.0 Å². The highest BCUT2D eigenvalue weighted by molar-refractivity contribution is 5.80. The smallest absolute Gasteiger partial charge is 0.194 e. The summed E-state index contributed by atoms with van der Waals surface area (Å²) in [5.74, 6) is 1.67. The van der Waals surface area contributed by atoms with E-state index in [9.17, 15) is 0 Å². The number of hydrogen-bond donors (Lipinski definition) is 1. The Morgan fingerprint density at radius 1 is 1.36 bits per heavy atom. The van der Waals surface area contributed by atoms with E-state index in [1.807, 2.05) is 24.1 Å². The molecule has 2 heterocycles. The molecule has 0 bridgehead atoms. The lowest BCUT2D eigenvalue weighted by Gasteiger charge is -2.35. The zero-order valence-electron chi connectivity index (χ0n) is 18.7. The van der Waals surface area contributed by atoms with E-state index >= 15 is 0 Å². The molecule has 160 valence electrons. The van der Waals surface area contributed by atoms with Gasteiger partial charge in [-0.3, -0.25) is 14.6 Å². The number of nitrogens with zero attached hydrogens (tertiary/aromatic N) is 5. The monoisotopic (exact) mass is 392 g/mol. The minimum Gasteiger partial charge on any atom is -0.370 e. The number of likely N-dealkylation sites (N-methyl/N-ethyl adjacent to an activating group) is 1. The van der Waals surface area contributed by atoms with Crippen LogP contribution in [0.3, 0.4) is 0 Å². The standard InChI is InChI=1S/C21H40N6O/c1-7-22-21(23-14-19(12-17(4)5)26(8-2)9-3)27-10-11-28-20(16-27)18-13-24-25(6)15-18/h13,15,17,19-20H,7-12,14,16H2,1-6H3,(H,22,23). The van der Waals surface area contributed by atoms with E-state index < -0.39 is 0 Å². The summed E-state index contributed by atoms with van der Waals surface area (Å²) >= 11 is 0. The molecular weight excluding hydrogens is 352 g/mol. The Hall–Kier alpha value is -1.60. The molecule has 1 aromatic heterocycles. The topological polar surface area (TPSA) is 57.9 Å². The van der Waals surface area contributed by atoms with Crippen LogP contribution in [0.15, 0.2) is 17.4 Å². The van der Waals surface area contributed by atoms with Crippen LogP contribution in [0.25, 0.3) is 0 Å². The van der Waals surface area contributed by atoms with Crippen molar-refractivity contribution in [2.75, 3.05) is 45.9 Å². The van der Waals surface area contributed by atoms with E-state index in [0.717, 1.165) is 50.8 Å². The third-order valence-electron chi connectivity index (χ3n) is 5.32. The molecule has 0 radical (unpaired) electrons. The Bertz CT molecular complexity index is 595. The van der Waals surface area contributed by atoms with Gasteiger partial charge in [0, 0.05) is 37.9 Å². The molecule has 1 saturated heterocycles. The van der Waals surface area contributed by atoms with Crippen molar-refractivity contribution in [3.8, 4) is 0 Å². The first-order valence-corrected chi connectivity index (χ1v) is 10.9. The minimum absolute atomic E-state index is 0.0422. The van der Waals surface area contributed by atoms with Gasteiger partial charge in [0.05, 0.1) is 25.9 Å². The maximum atomic E-state index is 6.00. The Morgan fingerprint density at radius 2 is 2.11 bits per heavy atom. The van der Waals surface area contributed by atoms with Crippen molar-refractivity contribution in [1.29, 1.82) is 0 Å². The molecule has 0 spiro atoms. The van der Waals surface area contributed by atoms with E-state index in [1.165, 1.54) is 6.42 Å². The van der Waals surface area contributed by atoms with Gasteiger partial charge in [-0.25, -0.2) is 0 Å². The summed E-state index contributed by atoms with van der Waals surface area (Å²) < 4.78 is 7.83. The molecule has 7 nitrogen and oxygen atoms in total. The molecular formula is C21H40N6O. The SMILES string of the molecule is CCNC(=NCC(CC(C)C)N(CC)CC)N1CCOC(c2cnn(C)c2)C1. The van der Waals surface area contributed by atoms with Crippen molar-refractivity contribution in [3.63, 3.8) is 0 Å². The number of morpholine rings is 1. The van der Waals surface area contributed by atoms with E-state index in [2.05, 4.69) is 54.8 Å². The van der Waals surface area contributed by atoms with Crippen LogP contribution in [0.4, 0.5) is 0 Å². The fraction of sp³-hybridized carbons (Fsp3) is 0.810. The number of ether oxygens (including phenoxy) is 1. The van der Waals surface area contributed by atoms with Crippen LogP contribution in [0.5, 0.6) is 0 Å². The third kappa shape index (κ3) is 6.48. The highest BCUT2D eigenvalue weighted by Gasteiger charge is 2.25. The number of guanidine groups is 1. The van der Waals surface area contributed by atoms with Crippen LogP contribution in [-0.2, 0) is 11.8 Å². The molecule has 2 unspecified atom stereocenters. The average molecular weight is 393 g/mol. The Labute approximate surface area is 171 Å². The lowest BCUT2D eigenvalue weighted by molar-refractivity contribution is -0.00809. The van der Waals surface area contributed by atoms with Crippen LogP contribution in [0, 0.1) is 5.92 Å². The first-order chi connectivity index (χ1) is 13.5. The highest BCUT2D eigenvalue weighted by Crippen LogP contribution is 2.22. The van der Waals surface area contributed by atoms with E-state index in [1.54, 1.807) is 0 Å². The fourth-order valence-electron chi connectivity index (χ4n) is 3.89. The highest BCUT2D eigenvalue weighted by atomic mass is 16.5. The summed E-state index contributed by atoms with van der Waals surface area (Å²) in [7, 11) is 1.94. The fourth-order valence-corrected chi connectivity index (χ4v) is 3.89. The van der Waals surface area contributed by atoms with Gasteiger partial charge in [0.25, 0.3) is 0 Å². The zero-order chi connectivity index (χ0) is 20.5. The summed E-state index contributed by atoms with van der Waals surface area (Å²) in [6.45, 7) is 17.4. The lowest BCUT2D eigenvalue weighted by atomic mass is 10.0. The maximum absolute atomic E-state index is 6.00. The van der Waals surface area contributed by atoms with E-state index in [-0.39, 0.29) is 6.10 Å². The zero-order valence-corrected chi connectivity index (χ0v) is 18.7. The molecule has 0 saturated carbocycles. The average Bonchev–Trinajstić information content (AvgIpc) is 3.12. The van der Waals surface area contributed by atoms with Gasteiger partial charge < -0.3 is 15.0 Å². The lowest BCUT2D eigenvalue weighted by Crippen LogP contribution is -2.49. The van der Waals surface area contributed by atoms with Crippen molar-refractivity contribution in [2.45, 2.75) is 53.2 Å². The molecule has 1 aromatic rings. The quantitative estimate of drug-likeness (QED) is 0.517. The summed E-state index contributed by atoms with van der Waals surface area (Å²) in [5, 5.41) is 7.78. The van der Waals surface area contributed by atoms with Crippen LogP contribution in [0.2, 0.25) is 0 Å². The molecule has 0 aromatic carbocycles. The van der Waals surface area contributed by atoms with Gasteiger partial charge >= 0.3 is 0 Å². The number of hydrogen-bond acceptors (Lipinski definition) is 4. The summed E-state index contributed by atoms with van der Waals surface area (Å²) in [5.41, 5.74) is 1.13. The molecule has 28 heavy (non-hydrogen) atoms. The molecule has 1 aliphatic rings. The second kappa shape index (κ2) is 11.4. The molecule has 1 aliphatic heterocycles. The van der Waals surface area contributed by atoms with Crippen LogP contribution in [-0.4, -0.2) is 77.5 Å². The van der Waals surface area contributed by atoms with E-state index in [4.69, 9.17) is 9.73 Å². The normalized spacial score (nSPS) is 19.5. The van der Waals surface area contributed by atoms with Gasteiger partial charge in [-0.05, 0) is 32.4 Å². The number of nitrogens with one attached hydrogen (secondary N) is 1. The molecule has 0 aliphatic carbocycles. The van der Waals surface area contributed by atoms with Gasteiger partial charge in [-0.2, -0.15) is 5.10 Å². The van der Waals surface area contributed by atoms with Gasteiger partial charge in [0.2, 0.25) is 0 Å². The summed E-state index contributed by atoms with van der Waals surface area (Å²) in [6.07, 6.45) is 5.15. The Morgan fingerprint density at radius 3 is 2.68 bits per heavy atom. The summed E-state index contributed by atoms with van der Waals surface area (Å²) in [6, 6.07) is 0.485. The Kier molecular flexibility index (Phi) is 9.25. The number of aromatic nitrogens is 2. The van der Waals surface area contributed by atoms with Crippen molar-refractivity contribution < 1.29 is 4.74 Å². The molecule has 2 atom stereocenters. The van der Waals surface area contributed by atoms with Gasteiger partial charge in [-0.1, -0.05) is 27.7 Å². The Balaban J connectivity index is 2.10. The minimum atomic E-state index is 0.0422. The molecule has 1 N–H and O–H groups in total. The van der Waals surface area contributed by atoms with Gasteiger partial charge in [-0.15, -0.1) is 0 Å². The number of aliphatic imine (C=N–C) groups is 1. The second-order valence-corrected chi connectivity index (χ2v) is 7.95. The van der Waals surface area contributed by atoms with Crippen molar-refractivity contribution in [2.24, 2.45) is 18.0 Å². The predicted octanol–water partition coefficient (Wildman–Crippen LogP) is 2.52. The first kappa shape index (κ1) is 22.7. The predicted molar refractivity (Wildman–Crippen MR) is 116 cm³/mol. The maximum Gasteiger partial charge on any atom is 0.194 e. The molecule has 0 amide bonds. The third-order valence-corrected chi connectivity index (χ3v) is 5.32. The van der Waals surface area contributed by atoms with E-state index in [0.29, 0.717) is 18.6 Å². The largest absolute Gasteiger partial charge is 0.370 e.